The van der Waals surface area contributed by atoms with E-state index in [-0.39, 0.29) is 11.6 Å². The molecule has 1 saturated heterocycles. The monoisotopic (exact) mass is 254 g/mol. The SMILES string of the molecule is CC(NCC1CCN(C)C1)c1c(F)cccc1F. The van der Waals surface area contributed by atoms with E-state index in [9.17, 15) is 8.78 Å². The van der Waals surface area contributed by atoms with E-state index in [0.717, 1.165) is 26.1 Å². The molecule has 0 saturated carbocycles. The highest BCUT2D eigenvalue weighted by Gasteiger charge is 2.21. The molecule has 1 N–H and O–H groups in total. The number of likely N-dealkylation sites (tertiary alicyclic amines) is 1. The van der Waals surface area contributed by atoms with Crippen molar-refractivity contribution in [2.75, 3.05) is 26.7 Å². The van der Waals surface area contributed by atoms with Gasteiger partial charge >= 0.3 is 0 Å². The van der Waals surface area contributed by atoms with Crippen molar-refractivity contribution in [1.29, 1.82) is 0 Å². The molecule has 0 radical (unpaired) electrons. The van der Waals surface area contributed by atoms with Gasteiger partial charge < -0.3 is 10.2 Å². The Kier molecular flexibility index (Phi) is 4.30. The van der Waals surface area contributed by atoms with Gasteiger partial charge in [0.05, 0.1) is 0 Å². The van der Waals surface area contributed by atoms with Crippen molar-refractivity contribution in [3.63, 3.8) is 0 Å². The molecule has 0 amide bonds. The number of hydrogen-bond donors (Lipinski definition) is 1. The van der Waals surface area contributed by atoms with E-state index in [2.05, 4.69) is 17.3 Å². The van der Waals surface area contributed by atoms with Crippen molar-refractivity contribution >= 4 is 0 Å². The third-order valence-corrected chi connectivity index (χ3v) is 3.63. The Morgan fingerprint density at radius 3 is 2.61 bits per heavy atom. The number of halogens is 2. The first kappa shape index (κ1) is 13.4. The molecule has 2 unspecified atom stereocenters. The van der Waals surface area contributed by atoms with Crippen LogP contribution in [0.4, 0.5) is 8.78 Å². The van der Waals surface area contributed by atoms with Crippen molar-refractivity contribution in [3.8, 4) is 0 Å². The summed E-state index contributed by atoms with van der Waals surface area (Å²) in [7, 11) is 2.10. The van der Waals surface area contributed by atoms with Gasteiger partial charge in [-0.25, -0.2) is 8.78 Å². The smallest absolute Gasteiger partial charge is 0.130 e. The molecule has 1 aromatic carbocycles. The second-order valence-corrected chi connectivity index (χ2v) is 5.18. The molecule has 2 nitrogen and oxygen atoms in total. The van der Waals surface area contributed by atoms with Crippen LogP contribution in [0.15, 0.2) is 18.2 Å². The zero-order valence-electron chi connectivity index (χ0n) is 10.9. The lowest BCUT2D eigenvalue weighted by molar-refractivity contribution is 0.378. The van der Waals surface area contributed by atoms with Gasteiger partial charge in [-0.1, -0.05) is 6.07 Å². The number of rotatable bonds is 4. The van der Waals surface area contributed by atoms with Gasteiger partial charge in [0.1, 0.15) is 11.6 Å². The summed E-state index contributed by atoms with van der Waals surface area (Å²) in [6.45, 7) is 4.77. The van der Waals surface area contributed by atoms with E-state index < -0.39 is 11.6 Å². The van der Waals surface area contributed by atoms with Crippen molar-refractivity contribution < 1.29 is 8.78 Å². The molecule has 1 fully saturated rings. The fraction of sp³-hybridized carbons (Fsp3) is 0.571. The molecule has 1 heterocycles. The normalized spacial score (nSPS) is 22.3. The topological polar surface area (TPSA) is 15.3 Å². The third-order valence-electron chi connectivity index (χ3n) is 3.63. The van der Waals surface area contributed by atoms with Crippen LogP contribution < -0.4 is 5.32 Å². The fourth-order valence-electron chi connectivity index (χ4n) is 2.56. The summed E-state index contributed by atoms with van der Waals surface area (Å²) in [5.74, 6) is -0.371. The van der Waals surface area contributed by atoms with Crippen LogP contribution in [-0.4, -0.2) is 31.6 Å². The summed E-state index contributed by atoms with van der Waals surface area (Å²) in [6, 6.07) is 3.71. The van der Waals surface area contributed by atoms with Gasteiger partial charge in [-0.15, -0.1) is 0 Å². The van der Waals surface area contributed by atoms with Crippen molar-refractivity contribution in [2.45, 2.75) is 19.4 Å². The van der Waals surface area contributed by atoms with E-state index in [1.165, 1.54) is 18.2 Å². The van der Waals surface area contributed by atoms with Crippen LogP contribution in [-0.2, 0) is 0 Å². The van der Waals surface area contributed by atoms with Crippen molar-refractivity contribution in [3.05, 3.63) is 35.4 Å². The minimum atomic E-state index is -0.474. The van der Waals surface area contributed by atoms with E-state index in [4.69, 9.17) is 0 Å². The second kappa shape index (κ2) is 5.76. The largest absolute Gasteiger partial charge is 0.310 e. The second-order valence-electron chi connectivity index (χ2n) is 5.18. The van der Waals surface area contributed by atoms with Crippen LogP contribution >= 0.6 is 0 Å². The first-order chi connectivity index (χ1) is 8.58. The molecule has 100 valence electrons. The Morgan fingerprint density at radius 2 is 2.06 bits per heavy atom. The Morgan fingerprint density at radius 1 is 1.39 bits per heavy atom. The summed E-state index contributed by atoms with van der Waals surface area (Å²) in [5, 5.41) is 3.24. The van der Waals surface area contributed by atoms with Crippen LogP contribution in [0.5, 0.6) is 0 Å². The van der Waals surface area contributed by atoms with E-state index in [1.807, 2.05) is 0 Å². The Balaban J connectivity index is 1.93. The van der Waals surface area contributed by atoms with E-state index in [1.54, 1.807) is 6.92 Å². The number of benzene rings is 1. The molecule has 1 aromatic rings. The first-order valence-electron chi connectivity index (χ1n) is 6.43. The fourth-order valence-corrected chi connectivity index (χ4v) is 2.56. The maximum Gasteiger partial charge on any atom is 0.130 e. The van der Waals surface area contributed by atoms with Crippen LogP contribution in [0, 0.1) is 17.6 Å². The Hall–Kier alpha value is -1.00. The summed E-state index contributed by atoms with van der Waals surface area (Å²) in [5.41, 5.74) is 0.142. The average molecular weight is 254 g/mol. The highest BCUT2D eigenvalue weighted by Crippen LogP contribution is 2.21. The molecule has 1 aliphatic heterocycles. The van der Waals surface area contributed by atoms with E-state index >= 15 is 0 Å². The molecule has 4 heteroatoms. The molecule has 0 aromatic heterocycles. The molecule has 0 aliphatic carbocycles. The van der Waals surface area contributed by atoms with Gasteiger partial charge in [0, 0.05) is 18.2 Å². The average Bonchev–Trinajstić information content (AvgIpc) is 2.72. The number of hydrogen-bond acceptors (Lipinski definition) is 2. The van der Waals surface area contributed by atoms with Gasteiger partial charge in [-0.2, -0.15) is 0 Å². The Bertz CT molecular complexity index is 389. The zero-order valence-corrected chi connectivity index (χ0v) is 10.9. The molecule has 18 heavy (non-hydrogen) atoms. The minimum absolute atomic E-state index is 0.142. The highest BCUT2D eigenvalue weighted by atomic mass is 19.1. The third kappa shape index (κ3) is 3.06. The van der Waals surface area contributed by atoms with Crippen LogP contribution in [0.25, 0.3) is 0 Å². The minimum Gasteiger partial charge on any atom is -0.310 e. The maximum absolute atomic E-state index is 13.6. The summed E-state index contributed by atoms with van der Waals surface area (Å²) in [4.78, 5) is 2.28. The highest BCUT2D eigenvalue weighted by molar-refractivity contribution is 5.22. The van der Waals surface area contributed by atoms with Gasteiger partial charge in [0.15, 0.2) is 0 Å². The van der Waals surface area contributed by atoms with Gasteiger partial charge in [0.25, 0.3) is 0 Å². The molecule has 2 rings (SSSR count). The summed E-state index contributed by atoms with van der Waals surface area (Å²) >= 11 is 0. The first-order valence-corrected chi connectivity index (χ1v) is 6.43. The lowest BCUT2D eigenvalue weighted by Gasteiger charge is -2.18. The van der Waals surface area contributed by atoms with Crippen molar-refractivity contribution in [2.24, 2.45) is 5.92 Å². The molecule has 2 atom stereocenters. The quantitative estimate of drug-likeness (QED) is 0.888. The predicted molar refractivity (Wildman–Crippen MR) is 68.4 cm³/mol. The lowest BCUT2D eigenvalue weighted by Crippen LogP contribution is -2.28. The van der Waals surface area contributed by atoms with Crippen molar-refractivity contribution in [1.82, 2.24) is 10.2 Å². The lowest BCUT2D eigenvalue weighted by atomic mass is 10.0. The van der Waals surface area contributed by atoms with E-state index in [0.29, 0.717) is 5.92 Å². The maximum atomic E-state index is 13.6. The number of nitrogens with zero attached hydrogens (tertiary/aromatic N) is 1. The van der Waals surface area contributed by atoms with Gasteiger partial charge in [-0.3, -0.25) is 0 Å². The number of nitrogens with one attached hydrogen (secondary N) is 1. The van der Waals surface area contributed by atoms with Crippen LogP contribution in [0.3, 0.4) is 0 Å². The van der Waals surface area contributed by atoms with Gasteiger partial charge in [-0.05, 0) is 51.5 Å². The summed E-state index contributed by atoms with van der Waals surface area (Å²) in [6.07, 6.45) is 1.15. The van der Waals surface area contributed by atoms with Gasteiger partial charge in [0.2, 0.25) is 0 Å². The standard InChI is InChI=1S/C14H20F2N2/c1-10(14-12(15)4-3-5-13(14)16)17-8-11-6-7-18(2)9-11/h3-5,10-11,17H,6-9H2,1-2H3. The Labute approximate surface area is 107 Å². The zero-order chi connectivity index (χ0) is 13.1. The molecule has 1 aliphatic rings. The molecule has 0 bridgehead atoms. The van der Waals surface area contributed by atoms with Crippen LogP contribution in [0.2, 0.25) is 0 Å². The molecule has 0 spiro atoms. The molecular formula is C14H20F2N2. The molecular weight excluding hydrogens is 234 g/mol. The predicted octanol–water partition coefficient (Wildman–Crippen LogP) is 2.57. The summed E-state index contributed by atoms with van der Waals surface area (Å²) < 4.78 is 27.2. The van der Waals surface area contributed by atoms with Crippen LogP contribution in [0.1, 0.15) is 24.9 Å².